The van der Waals surface area contributed by atoms with Crippen molar-refractivity contribution in [3.8, 4) is 5.75 Å². The van der Waals surface area contributed by atoms with Crippen LogP contribution < -0.4 is 10.3 Å². The van der Waals surface area contributed by atoms with Gasteiger partial charge in [-0.3, -0.25) is 8.75 Å². The van der Waals surface area contributed by atoms with E-state index in [1.165, 1.54) is 6.42 Å². The highest BCUT2D eigenvalue weighted by molar-refractivity contribution is 7.13. The SMILES string of the molecule is COc1ccc2c(=O)n(C3CCC3)sc2c1. The molecule has 1 fully saturated rings. The van der Waals surface area contributed by atoms with Gasteiger partial charge in [0.1, 0.15) is 5.75 Å². The van der Waals surface area contributed by atoms with Crippen LogP contribution in [0.1, 0.15) is 25.3 Å². The first-order valence-electron chi connectivity index (χ1n) is 5.49. The van der Waals surface area contributed by atoms with Crippen LogP contribution in [0.25, 0.3) is 10.1 Å². The summed E-state index contributed by atoms with van der Waals surface area (Å²) in [5.74, 6) is 0.814. The third-order valence-electron chi connectivity index (χ3n) is 3.22. The first-order chi connectivity index (χ1) is 7.79. The second-order valence-electron chi connectivity index (χ2n) is 4.17. The Kier molecular flexibility index (Phi) is 2.24. The summed E-state index contributed by atoms with van der Waals surface area (Å²) in [6, 6.07) is 6.09. The maximum atomic E-state index is 12.1. The fraction of sp³-hybridized carbons (Fsp3) is 0.417. The van der Waals surface area contributed by atoms with Crippen molar-refractivity contribution < 1.29 is 4.74 Å². The maximum absolute atomic E-state index is 12.1. The third kappa shape index (κ3) is 1.37. The van der Waals surface area contributed by atoms with E-state index in [1.807, 2.05) is 22.2 Å². The van der Waals surface area contributed by atoms with Gasteiger partial charge in [0.15, 0.2) is 0 Å². The maximum Gasteiger partial charge on any atom is 0.268 e. The molecule has 3 rings (SSSR count). The zero-order chi connectivity index (χ0) is 11.1. The molecule has 0 radical (unpaired) electrons. The molecule has 0 bridgehead atoms. The van der Waals surface area contributed by atoms with Crippen molar-refractivity contribution in [1.29, 1.82) is 0 Å². The highest BCUT2D eigenvalue weighted by Crippen LogP contribution is 2.34. The van der Waals surface area contributed by atoms with Gasteiger partial charge in [0, 0.05) is 6.04 Å². The van der Waals surface area contributed by atoms with Gasteiger partial charge in [-0.15, -0.1) is 0 Å². The van der Waals surface area contributed by atoms with E-state index in [0.717, 1.165) is 28.7 Å². The summed E-state index contributed by atoms with van der Waals surface area (Å²) in [4.78, 5) is 12.1. The average Bonchev–Trinajstić information content (AvgIpc) is 2.54. The van der Waals surface area contributed by atoms with Crippen LogP contribution in [0, 0.1) is 0 Å². The number of aromatic nitrogens is 1. The Morgan fingerprint density at radius 1 is 1.44 bits per heavy atom. The Hall–Kier alpha value is -1.29. The van der Waals surface area contributed by atoms with Crippen LogP contribution in [0.2, 0.25) is 0 Å². The second-order valence-corrected chi connectivity index (χ2v) is 5.18. The summed E-state index contributed by atoms with van der Waals surface area (Å²) >= 11 is 1.56. The summed E-state index contributed by atoms with van der Waals surface area (Å²) in [6.45, 7) is 0. The molecule has 1 aliphatic rings. The molecule has 16 heavy (non-hydrogen) atoms. The Morgan fingerprint density at radius 3 is 2.88 bits per heavy atom. The lowest BCUT2D eigenvalue weighted by Crippen LogP contribution is -2.24. The molecule has 0 atom stereocenters. The van der Waals surface area contributed by atoms with Crippen LogP contribution in [0.5, 0.6) is 5.75 Å². The van der Waals surface area contributed by atoms with Gasteiger partial charge in [-0.2, -0.15) is 0 Å². The molecule has 0 spiro atoms. The van der Waals surface area contributed by atoms with E-state index in [0.29, 0.717) is 6.04 Å². The van der Waals surface area contributed by atoms with Crippen molar-refractivity contribution in [2.75, 3.05) is 7.11 Å². The minimum absolute atomic E-state index is 0.160. The number of benzene rings is 1. The van der Waals surface area contributed by atoms with Gasteiger partial charge in [0.05, 0.1) is 17.2 Å². The van der Waals surface area contributed by atoms with Crippen LogP contribution in [-0.2, 0) is 0 Å². The van der Waals surface area contributed by atoms with E-state index < -0.39 is 0 Å². The van der Waals surface area contributed by atoms with Crippen LogP contribution >= 0.6 is 11.5 Å². The first kappa shape index (κ1) is 9.90. The van der Waals surface area contributed by atoms with Gasteiger partial charge >= 0.3 is 0 Å². The summed E-state index contributed by atoms with van der Waals surface area (Å²) in [7, 11) is 1.65. The van der Waals surface area contributed by atoms with E-state index in [4.69, 9.17) is 4.74 Å². The fourth-order valence-electron chi connectivity index (χ4n) is 2.01. The predicted octanol–water partition coefficient (Wildman–Crippen LogP) is 2.80. The molecular weight excluding hydrogens is 222 g/mol. The molecular formula is C12H13NO2S. The topological polar surface area (TPSA) is 31.2 Å². The molecule has 0 amide bonds. The number of nitrogens with zero attached hydrogens (tertiary/aromatic N) is 1. The van der Waals surface area contributed by atoms with E-state index >= 15 is 0 Å². The summed E-state index contributed by atoms with van der Waals surface area (Å²) in [6.07, 6.45) is 3.53. The molecule has 0 aliphatic heterocycles. The van der Waals surface area contributed by atoms with E-state index in [1.54, 1.807) is 18.6 Å². The molecule has 0 N–H and O–H groups in total. The summed E-state index contributed by atoms with van der Waals surface area (Å²) < 4.78 is 8.12. The molecule has 1 aromatic heterocycles. The second kappa shape index (κ2) is 3.63. The van der Waals surface area contributed by atoms with Crippen molar-refractivity contribution in [3.63, 3.8) is 0 Å². The molecule has 4 heteroatoms. The van der Waals surface area contributed by atoms with Gasteiger partial charge < -0.3 is 4.74 Å². The predicted molar refractivity (Wildman–Crippen MR) is 65.5 cm³/mol. The van der Waals surface area contributed by atoms with Crippen LogP contribution in [-0.4, -0.2) is 11.1 Å². The quantitative estimate of drug-likeness (QED) is 0.801. The molecule has 1 saturated carbocycles. The number of hydrogen-bond donors (Lipinski definition) is 0. The monoisotopic (exact) mass is 235 g/mol. The third-order valence-corrected chi connectivity index (χ3v) is 4.42. The normalized spacial score (nSPS) is 16.3. The average molecular weight is 235 g/mol. The lowest BCUT2D eigenvalue weighted by Gasteiger charge is -2.24. The van der Waals surface area contributed by atoms with Crippen molar-refractivity contribution in [1.82, 2.24) is 3.96 Å². The summed E-state index contributed by atoms with van der Waals surface area (Å²) in [5, 5.41) is 0.817. The smallest absolute Gasteiger partial charge is 0.268 e. The van der Waals surface area contributed by atoms with Crippen molar-refractivity contribution in [2.24, 2.45) is 0 Å². The number of rotatable bonds is 2. The Morgan fingerprint density at radius 2 is 2.25 bits per heavy atom. The van der Waals surface area contributed by atoms with Gasteiger partial charge in [-0.1, -0.05) is 11.5 Å². The number of fused-ring (bicyclic) bond motifs is 1. The van der Waals surface area contributed by atoms with Gasteiger partial charge in [0.2, 0.25) is 0 Å². The van der Waals surface area contributed by atoms with Crippen molar-refractivity contribution >= 4 is 21.6 Å². The Balaban J connectivity index is 2.17. The van der Waals surface area contributed by atoms with Crippen LogP contribution in [0.3, 0.4) is 0 Å². The molecule has 84 valence electrons. The minimum atomic E-state index is 0.160. The molecule has 0 unspecified atom stereocenters. The highest BCUT2D eigenvalue weighted by atomic mass is 32.1. The molecule has 2 aromatic rings. The standard InChI is InChI=1S/C12H13NO2S/c1-15-9-5-6-10-11(7-9)16-13(12(10)14)8-3-2-4-8/h5-8H,2-4H2,1H3. The van der Waals surface area contributed by atoms with E-state index in [2.05, 4.69) is 0 Å². The highest BCUT2D eigenvalue weighted by Gasteiger charge is 2.23. The fourth-order valence-corrected chi connectivity index (χ4v) is 3.19. The van der Waals surface area contributed by atoms with Crippen molar-refractivity contribution in [2.45, 2.75) is 25.3 Å². The van der Waals surface area contributed by atoms with Crippen LogP contribution in [0.4, 0.5) is 0 Å². The Bertz CT molecular complexity index is 580. The summed E-state index contributed by atoms with van der Waals surface area (Å²) in [5.41, 5.74) is 0.160. The zero-order valence-electron chi connectivity index (χ0n) is 9.10. The van der Waals surface area contributed by atoms with Gasteiger partial charge in [-0.05, 0) is 37.5 Å². The number of ether oxygens (including phenoxy) is 1. The molecule has 3 nitrogen and oxygen atoms in total. The number of methoxy groups -OCH3 is 1. The van der Waals surface area contributed by atoms with Gasteiger partial charge in [-0.25, -0.2) is 0 Å². The van der Waals surface area contributed by atoms with Crippen molar-refractivity contribution in [3.05, 3.63) is 28.6 Å². The molecule has 0 saturated heterocycles. The van der Waals surface area contributed by atoms with Gasteiger partial charge in [0.25, 0.3) is 5.56 Å². The van der Waals surface area contributed by atoms with Crippen LogP contribution in [0.15, 0.2) is 23.0 Å². The largest absolute Gasteiger partial charge is 0.497 e. The lowest BCUT2D eigenvalue weighted by atomic mass is 9.94. The zero-order valence-corrected chi connectivity index (χ0v) is 9.92. The van der Waals surface area contributed by atoms with E-state index in [9.17, 15) is 4.79 Å². The lowest BCUT2D eigenvalue weighted by molar-refractivity contribution is 0.327. The molecule has 1 aromatic carbocycles. The first-order valence-corrected chi connectivity index (χ1v) is 6.26. The van der Waals surface area contributed by atoms with E-state index in [-0.39, 0.29) is 5.56 Å². The Labute approximate surface area is 97.4 Å². The molecule has 1 heterocycles. The number of hydrogen-bond acceptors (Lipinski definition) is 3. The molecule has 1 aliphatic carbocycles. The minimum Gasteiger partial charge on any atom is -0.497 e.